The smallest absolute Gasteiger partial charge is 0.0178 e. The maximum absolute atomic E-state index is 3.81. The average Bonchev–Trinajstić information content (AvgIpc) is 2.80. The Bertz CT molecular complexity index is 784. The van der Waals surface area contributed by atoms with Crippen LogP contribution in [0.4, 0.5) is 0 Å². The molecule has 0 nitrogen and oxygen atoms in total. The van der Waals surface area contributed by atoms with Crippen molar-refractivity contribution in [3.8, 4) is 11.1 Å². The molecule has 4 unspecified atom stereocenters. The molecule has 2 heteroatoms. The summed E-state index contributed by atoms with van der Waals surface area (Å²) >= 11 is 7.61. The molecule has 176 valence electrons. The highest BCUT2D eigenvalue weighted by Crippen LogP contribution is 2.53. The summed E-state index contributed by atoms with van der Waals surface area (Å²) < 4.78 is 2.44. The van der Waals surface area contributed by atoms with Gasteiger partial charge in [0.15, 0.2) is 0 Å². The van der Waals surface area contributed by atoms with E-state index in [1.54, 1.807) is 11.1 Å². The summed E-state index contributed by atoms with van der Waals surface area (Å²) in [6, 6.07) is 14.1. The van der Waals surface area contributed by atoms with Gasteiger partial charge < -0.3 is 0 Å². The van der Waals surface area contributed by atoms with Crippen molar-refractivity contribution < 1.29 is 0 Å². The Morgan fingerprint density at radius 1 is 0.656 bits per heavy atom. The minimum atomic E-state index is 0.613. The number of halogens is 2. The van der Waals surface area contributed by atoms with Gasteiger partial charge in [-0.3, -0.25) is 0 Å². The summed E-state index contributed by atoms with van der Waals surface area (Å²) in [6.45, 7) is 9.47. The van der Waals surface area contributed by atoms with Crippen LogP contribution in [0.1, 0.15) is 115 Å². The van der Waals surface area contributed by atoms with Crippen LogP contribution in [-0.2, 0) is 0 Å². The van der Waals surface area contributed by atoms with E-state index in [2.05, 4.69) is 96.0 Å². The normalized spacial score (nSPS) is 19.3. The van der Waals surface area contributed by atoms with E-state index in [4.69, 9.17) is 0 Å². The lowest BCUT2D eigenvalue weighted by Gasteiger charge is -2.39. The van der Waals surface area contributed by atoms with Crippen LogP contribution in [0.3, 0.4) is 0 Å². The van der Waals surface area contributed by atoms with E-state index in [1.165, 1.54) is 84.3 Å². The Morgan fingerprint density at radius 3 is 1.41 bits per heavy atom. The molecule has 0 aliphatic heterocycles. The molecule has 0 bridgehead atoms. The van der Waals surface area contributed by atoms with Crippen molar-refractivity contribution in [3.63, 3.8) is 0 Å². The number of fused-ring (bicyclic) bond motifs is 3. The van der Waals surface area contributed by atoms with Crippen LogP contribution in [0.15, 0.2) is 45.3 Å². The highest BCUT2D eigenvalue weighted by molar-refractivity contribution is 9.10. The molecule has 0 saturated heterocycles. The zero-order valence-corrected chi connectivity index (χ0v) is 23.8. The van der Waals surface area contributed by atoms with E-state index in [0.717, 1.165) is 11.8 Å². The quantitative estimate of drug-likeness (QED) is 0.241. The number of unbranched alkanes of at least 4 members (excludes halogenated alkanes) is 2. The maximum Gasteiger partial charge on any atom is 0.0178 e. The third-order valence-corrected chi connectivity index (χ3v) is 8.85. The molecule has 1 aliphatic rings. The number of hydrogen-bond acceptors (Lipinski definition) is 0. The van der Waals surface area contributed by atoms with E-state index >= 15 is 0 Å². The monoisotopic (exact) mass is 560 g/mol. The lowest BCUT2D eigenvalue weighted by atomic mass is 9.65. The van der Waals surface area contributed by atoms with Crippen molar-refractivity contribution in [3.05, 3.63) is 56.5 Å². The maximum atomic E-state index is 3.81. The molecule has 0 radical (unpaired) electrons. The van der Waals surface area contributed by atoms with E-state index in [9.17, 15) is 0 Å². The first-order chi connectivity index (χ1) is 15.5. The zero-order valence-electron chi connectivity index (χ0n) is 20.6. The van der Waals surface area contributed by atoms with Crippen LogP contribution >= 0.6 is 31.9 Å². The summed E-state index contributed by atoms with van der Waals surface area (Å²) in [5, 5.41) is 0. The highest BCUT2D eigenvalue weighted by Gasteiger charge is 2.36. The molecular weight excluding hydrogens is 520 g/mol. The van der Waals surface area contributed by atoms with Gasteiger partial charge in [-0.15, -0.1) is 0 Å². The first kappa shape index (κ1) is 26.0. The molecule has 0 fully saturated rings. The largest absolute Gasteiger partial charge is 0.0654 e. The van der Waals surface area contributed by atoms with Crippen molar-refractivity contribution in [2.75, 3.05) is 0 Å². The van der Waals surface area contributed by atoms with E-state index < -0.39 is 0 Å². The Labute approximate surface area is 214 Å². The molecule has 2 aromatic carbocycles. The molecular formula is C30H42Br2. The van der Waals surface area contributed by atoms with Gasteiger partial charge in [-0.1, -0.05) is 123 Å². The van der Waals surface area contributed by atoms with Crippen LogP contribution in [0.5, 0.6) is 0 Å². The fourth-order valence-electron chi connectivity index (χ4n) is 5.87. The fraction of sp³-hybridized carbons (Fsp3) is 0.600. The Hall–Kier alpha value is -0.600. The molecule has 0 N–H and O–H groups in total. The Balaban J connectivity index is 2.07. The first-order valence-corrected chi connectivity index (χ1v) is 14.7. The Kier molecular flexibility index (Phi) is 10.4. The highest BCUT2D eigenvalue weighted by atomic mass is 79.9. The molecule has 1 aliphatic carbocycles. The standard InChI is InChI=1S/C30H42Br2/c1-5-9-11-21(7-3)17-27-28(18-22(8-4)12-10-6-2)30-20-24(32)14-16-26(30)25-15-13-23(31)19-29(25)27/h13-16,19-22,27-28H,5-12,17-18H2,1-4H3. The fourth-order valence-corrected chi connectivity index (χ4v) is 6.63. The number of benzene rings is 2. The van der Waals surface area contributed by atoms with Crippen LogP contribution in [0, 0.1) is 11.8 Å². The van der Waals surface area contributed by atoms with Gasteiger partial charge in [-0.05, 0) is 83.0 Å². The van der Waals surface area contributed by atoms with Crippen LogP contribution in [0.2, 0.25) is 0 Å². The minimum absolute atomic E-state index is 0.613. The van der Waals surface area contributed by atoms with E-state index in [-0.39, 0.29) is 0 Å². The number of rotatable bonds is 12. The second-order valence-electron chi connectivity index (χ2n) is 9.98. The predicted octanol–water partition coefficient (Wildman–Crippen LogP) is 11.3. The zero-order chi connectivity index (χ0) is 23.1. The molecule has 0 spiro atoms. The predicted molar refractivity (Wildman–Crippen MR) is 149 cm³/mol. The summed E-state index contributed by atoms with van der Waals surface area (Å²) in [6.07, 6.45) is 13.3. The lowest BCUT2D eigenvalue weighted by Crippen LogP contribution is -2.23. The van der Waals surface area contributed by atoms with Gasteiger partial charge in [0, 0.05) is 8.95 Å². The topological polar surface area (TPSA) is 0 Å². The molecule has 0 aromatic heterocycles. The lowest BCUT2D eigenvalue weighted by molar-refractivity contribution is 0.308. The van der Waals surface area contributed by atoms with Gasteiger partial charge in [0.1, 0.15) is 0 Å². The van der Waals surface area contributed by atoms with Crippen LogP contribution in [-0.4, -0.2) is 0 Å². The van der Waals surface area contributed by atoms with Crippen molar-refractivity contribution in [2.45, 2.75) is 104 Å². The molecule has 3 rings (SSSR count). The van der Waals surface area contributed by atoms with Crippen molar-refractivity contribution in [1.29, 1.82) is 0 Å². The van der Waals surface area contributed by atoms with Gasteiger partial charge in [-0.2, -0.15) is 0 Å². The summed E-state index contributed by atoms with van der Waals surface area (Å²) in [5.74, 6) is 2.86. The first-order valence-electron chi connectivity index (χ1n) is 13.1. The minimum Gasteiger partial charge on any atom is -0.0654 e. The molecule has 0 saturated carbocycles. The van der Waals surface area contributed by atoms with Crippen molar-refractivity contribution in [1.82, 2.24) is 0 Å². The van der Waals surface area contributed by atoms with E-state index in [1.807, 2.05) is 0 Å². The van der Waals surface area contributed by atoms with Crippen molar-refractivity contribution >= 4 is 31.9 Å². The third kappa shape index (κ3) is 6.29. The molecule has 4 atom stereocenters. The summed E-state index contributed by atoms with van der Waals surface area (Å²) in [7, 11) is 0. The molecule has 0 amide bonds. The van der Waals surface area contributed by atoms with Gasteiger partial charge >= 0.3 is 0 Å². The number of hydrogen-bond donors (Lipinski definition) is 0. The van der Waals surface area contributed by atoms with Gasteiger partial charge in [0.25, 0.3) is 0 Å². The SMILES string of the molecule is CCCCC(CC)CC1c2cc(Br)ccc2-c2ccc(Br)cc2C1CC(CC)CCCC. The van der Waals surface area contributed by atoms with Gasteiger partial charge in [-0.25, -0.2) is 0 Å². The van der Waals surface area contributed by atoms with E-state index in [0.29, 0.717) is 11.8 Å². The molecule has 32 heavy (non-hydrogen) atoms. The van der Waals surface area contributed by atoms with Gasteiger partial charge in [0.05, 0.1) is 0 Å². The van der Waals surface area contributed by atoms with Crippen LogP contribution < -0.4 is 0 Å². The summed E-state index contributed by atoms with van der Waals surface area (Å²) in [4.78, 5) is 0. The van der Waals surface area contributed by atoms with Crippen molar-refractivity contribution in [2.24, 2.45) is 11.8 Å². The van der Waals surface area contributed by atoms with Gasteiger partial charge in [0.2, 0.25) is 0 Å². The average molecular weight is 562 g/mol. The molecule has 0 heterocycles. The summed E-state index contributed by atoms with van der Waals surface area (Å²) in [5.41, 5.74) is 6.09. The second-order valence-corrected chi connectivity index (χ2v) is 11.8. The Morgan fingerprint density at radius 2 is 1.06 bits per heavy atom. The third-order valence-electron chi connectivity index (χ3n) is 7.86. The molecule has 2 aromatic rings. The van der Waals surface area contributed by atoms with Crippen LogP contribution in [0.25, 0.3) is 11.1 Å². The second kappa shape index (κ2) is 12.7.